The Kier molecular flexibility index (Phi) is 7.38. The lowest BCUT2D eigenvalue weighted by atomic mass is 10.0. The third-order valence-corrected chi connectivity index (χ3v) is 4.67. The smallest absolute Gasteiger partial charge is 0.242 e. The molecular weight excluding hydrogens is 348 g/mol. The van der Waals surface area contributed by atoms with Crippen molar-refractivity contribution in [2.45, 2.75) is 66.6 Å². The molecule has 0 aliphatic heterocycles. The lowest BCUT2D eigenvalue weighted by Crippen LogP contribution is -2.49. The monoisotopic (exact) mass is 380 g/mol. The van der Waals surface area contributed by atoms with E-state index in [-0.39, 0.29) is 24.3 Å². The van der Waals surface area contributed by atoms with Gasteiger partial charge in [0.1, 0.15) is 6.04 Å². The van der Waals surface area contributed by atoms with Crippen LogP contribution in [0.15, 0.2) is 42.5 Å². The first-order chi connectivity index (χ1) is 13.2. The van der Waals surface area contributed by atoms with Crippen molar-refractivity contribution in [3.63, 3.8) is 0 Å². The van der Waals surface area contributed by atoms with Crippen molar-refractivity contribution in [1.29, 1.82) is 0 Å². The van der Waals surface area contributed by atoms with Gasteiger partial charge < -0.3 is 10.2 Å². The van der Waals surface area contributed by atoms with Gasteiger partial charge in [-0.25, -0.2) is 0 Å². The van der Waals surface area contributed by atoms with Crippen LogP contribution in [0.5, 0.6) is 0 Å². The maximum atomic E-state index is 13.2. The molecule has 0 saturated carbocycles. The Morgan fingerprint density at radius 2 is 1.50 bits per heavy atom. The van der Waals surface area contributed by atoms with Crippen LogP contribution >= 0.6 is 0 Å². The number of nitrogens with zero attached hydrogens (tertiary/aromatic N) is 1. The maximum Gasteiger partial charge on any atom is 0.242 e. The Labute approximate surface area is 169 Å². The van der Waals surface area contributed by atoms with E-state index < -0.39 is 6.04 Å². The van der Waals surface area contributed by atoms with Crippen molar-refractivity contribution in [2.75, 3.05) is 0 Å². The summed E-state index contributed by atoms with van der Waals surface area (Å²) in [4.78, 5) is 27.5. The van der Waals surface area contributed by atoms with E-state index in [0.717, 1.165) is 27.8 Å². The summed E-state index contributed by atoms with van der Waals surface area (Å²) in [6.45, 7) is 12.2. The Morgan fingerprint density at radius 3 is 2.07 bits per heavy atom. The fourth-order valence-electron chi connectivity index (χ4n) is 3.44. The number of benzene rings is 2. The van der Waals surface area contributed by atoms with Crippen LogP contribution in [0.1, 0.15) is 48.6 Å². The Bertz CT molecular complexity index is 822. The molecule has 1 N–H and O–H groups in total. The van der Waals surface area contributed by atoms with E-state index in [4.69, 9.17) is 0 Å². The van der Waals surface area contributed by atoms with E-state index in [2.05, 4.69) is 17.4 Å². The predicted octanol–water partition coefficient (Wildman–Crippen LogP) is 4.10. The summed E-state index contributed by atoms with van der Waals surface area (Å²) < 4.78 is 0. The van der Waals surface area contributed by atoms with Crippen molar-refractivity contribution in [3.8, 4) is 0 Å². The zero-order valence-electron chi connectivity index (χ0n) is 17.9. The molecule has 150 valence electrons. The molecule has 2 aromatic rings. The van der Waals surface area contributed by atoms with Crippen LogP contribution in [0.4, 0.5) is 0 Å². The molecule has 0 heterocycles. The largest absolute Gasteiger partial charge is 0.352 e. The molecular formula is C24H32N2O2. The number of hydrogen-bond acceptors (Lipinski definition) is 2. The van der Waals surface area contributed by atoms with Gasteiger partial charge in [0.2, 0.25) is 11.8 Å². The van der Waals surface area contributed by atoms with E-state index in [0.29, 0.717) is 6.54 Å². The number of nitrogens with one attached hydrogen (secondary N) is 1. The third kappa shape index (κ3) is 6.22. The minimum absolute atomic E-state index is 0.0327. The molecule has 2 aromatic carbocycles. The zero-order valence-corrected chi connectivity index (χ0v) is 17.9. The average Bonchev–Trinajstić information content (AvgIpc) is 2.57. The fourth-order valence-corrected chi connectivity index (χ4v) is 3.44. The molecule has 0 saturated heterocycles. The third-order valence-electron chi connectivity index (χ3n) is 4.67. The summed E-state index contributed by atoms with van der Waals surface area (Å²) in [5.41, 5.74) is 5.42. The van der Waals surface area contributed by atoms with E-state index in [1.165, 1.54) is 0 Å². The van der Waals surface area contributed by atoms with Gasteiger partial charge in [-0.1, -0.05) is 59.2 Å². The summed E-state index contributed by atoms with van der Waals surface area (Å²) >= 11 is 0. The zero-order chi connectivity index (χ0) is 20.8. The molecule has 4 heteroatoms. The first kappa shape index (κ1) is 21.7. The molecule has 2 amide bonds. The highest BCUT2D eigenvalue weighted by Gasteiger charge is 2.26. The van der Waals surface area contributed by atoms with Gasteiger partial charge in [-0.05, 0) is 52.7 Å². The normalized spacial score (nSPS) is 12.0. The molecule has 0 fully saturated rings. The molecule has 0 radical (unpaired) electrons. The maximum absolute atomic E-state index is 13.2. The first-order valence-electron chi connectivity index (χ1n) is 9.88. The van der Waals surface area contributed by atoms with Gasteiger partial charge in [0.15, 0.2) is 0 Å². The van der Waals surface area contributed by atoms with Gasteiger partial charge in [-0.3, -0.25) is 9.59 Å². The number of carbonyl (C=O) groups is 2. The molecule has 28 heavy (non-hydrogen) atoms. The van der Waals surface area contributed by atoms with Gasteiger partial charge in [-0.15, -0.1) is 0 Å². The van der Waals surface area contributed by atoms with Crippen molar-refractivity contribution in [1.82, 2.24) is 10.2 Å². The van der Waals surface area contributed by atoms with Gasteiger partial charge in [0, 0.05) is 12.6 Å². The van der Waals surface area contributed by atoms with Gasteiger partial charge in [-0.2, -0.15) is 0 Å². The standard InChI is InChI=1S/C24H32N2O2/c1-16(2)25-24(28)20(6)26(15-21-9-7-8-17(3)11-21)23(27)14-22-12-18(4)10-19(5)13-22/h7-13,16,20H,14-15H2,1-6H3,(H,25,28)/t20-/m1/s1. The van der Waals surface area contributed by atoms with Crippen LogP contribution in [-0.4, -0.2) is 28.8 Å². The SMILES string of the molecule is Cc1cc(C)cc(CC(=O)N(Cc2cccc(C)c2)[C@H](C)C(=O)NC(C)C)c1. The van der Waals surface area contributed by atoms with Crippen LogP contribution in [0.2, 0.25) is 0 Å². The Balaban J connectivity index is 2.27. The second kappa shape index (κ2) is 9.54. The molecule has 0 spiro atoms. The quantitative estimate of drug-likeness (QED) is 0.786. The van der Waals surface area contributed by atoms with Crippen LogP contribution < -0.4 is 5.32 Å². The second-order valence-electron chi connectivity index (χ2n) is 8.02. The van der Waals surface area contributed by atoms with Crippen molar-refractivity contribution in [2.24, 2.45) is 0 Å². The minimum atomic E-state index is -0.540. The van der Waals surface area contributed by atoms with E-state index in [1.807, 2.05) is 65.0 Å². The minimum Gasteiger partial charge on any atom is -0.352 e. The molecule has 1 atom stereocenters. The van der Waals surface area contributed by atoms with Gasteiger partial charge in [0.25, 0.3) is 0 Å². The first-order valence-corrected chi connectivity index (χ1v) is 9.88. The van der Waals surface area contributed by atoms with Crippen LogP contribution in [0, 0.1) is 20.8 Å². The summed E-state index contributed by atoms with van der Waals surface area (Å²) in [7, 11) is 0. The lowest BCUT2D eigenvalue weighted by Gasteiger charge is -2.29. The fraction of sp³-hybridized carbons (Fsp3) is 0.417. The van der Waals surface area contributed by atoms with Crippen molar-refractivity contribution >= 4 is 11.8 Å². The Hall–Kier alpha value is -2.62. The molecule has 0 aliphatic carbocycles. The molecule has 0 unspecified atom stereocenters. The molecule has 0 bridgehead atoms. The number of hydrogen-bond donors (Lipinski definition) is 1. The topological polar surface area (TPSA) is 49.4 Å². The number of aryl methyl sites for hydroxylation is 3. The summed E-state index contributed by atoms with van der Waals surface area (Å²) in [6, 6.07) is 13.7. The Morgan fingerprint density at radius 1 is 0.893 bits per heavy atom. The number of amides is 2. The van der Waals surface area contributed by atoms with E-state index in [9.17, 15) is 9.59 Å². The van der Waals surface area contributed by atoms with Crippen LogP contribution in [0.3, 0.4) is 0 Å². The molecule has 2 rings (SSSR count). The van der Waals surface area contributed by atoms with Gasteiger partial charge in [0.05, 0.1) is 6.42 Å². The predicted molar refractivity (Wildman–Crippen MR) is 114 cm³/mol. The summed E-state index contributed by atoms with van der Waals surface area (Å²) in [6.07, 6.45) is 0.285. The number of rotatable bonds is 7. The molecule has 0 aliphatic rings. The van der Waals surface area contributed by atoms with Gasteiger partial charge >= 0.3 is 0 Å². The average molecular weight is 381 g/mol. The number of carbonyl (C=O) groups excluding carboxylic acids is 2. The highest BCUT2D eigenvalue weighted by Crippen LogP contribution is 2.15. The molecule has 0 aromatic heterocycles. The highest BCUT2D eigenvalue weighted by atomic mass is 16.2. The second-order valence-corrected chi connectivity index (χ2v) is 8.02. The summed E-state index contributed by atoms with van der Waals surface area (Å²) in [5, 5.41) is 2.92. The summed E-state index contributed by atoms with van der Waals surface area (Å²) in [5.74, 6) is -0.172. The van der Waals surface area contributed by atoms with Crippen molar-refractivity contribution < 1.29 is 9.59 Å². The lowest BCUT2D eigenvalue weighted by molar-refractivity contribution is -0.140. The van der Waals surface area contributed by atoms with Crippen LogP contribution in [-0.2, 0) is 22.6 Å². The van der Waals surface area contributed by atoms with Crippen LogP contribution in [0.25, 0.3) is 0 Å². The van der Waals surface area contributed by atoms with Crippen molar-refractivity contribution in [3.05, 3.63) is 70.3 Å². The molecule has 4 nitrogen and oxygen atoms in total. The van der Waals surface area contributed by atoms with E-state index in [1.54, 1.807) is 11.8 Å². The van der Waals surface area contributed by atoms with E-state index >= 15 is 0 Å². The highest BCUT2D eigenvalue weighted by molar-refractivity contribution is 5.88.